The van der Waals surface area contributed by atoms with Gasteiger partial charge in [0.2, 0.25) is 15.9 Å². The van der Waals surface area contributed by atoms with Crippen molar-refractivity contribution in [3.05, 3.63) is 54.1 Å². The van der Waals surface area contributed by atoms with E-state index in [0.717, 1.165) is 23.4 Å². The Kier molecular flexibility index (Phi) is 5.82. The van der Waals surface area contributed by atoms with Crippen LogP contribution in [0.1, 0.15) is 18.4 Å². The summed E-state index contributed by atoms with van der Waals surface area (Å²) >= 11 is 0. The van der Waals surface area contributed by atoms with Crippen molar-refractivity contribution in [3.63, 3.8) is 0 Å². The van der Waals surface area contributed by atoms with Gasteiger partial charge in [0, 0.05) is 32.2 Å². The topological polar surface area (TPSA) is 66.9 Å². The number of hydrogen-bond donors (Lipinski definition) is 0. The number of carbonyl (C=O) groups is 1. The Hall–Kier alpha value is -2.38. The number of nitrogens with zero attached hydrogens (tertiary/aromatic N) is 2. The Balaban J connectivity index is 1.61. The fraction of sp³-hybridized carbons (Fsp3) is 0.350. The fourth-order valence-electron chi connectivity index (χ4n) is 3.02. The van der Waals surface area contributed by atoms with Crippen molar-refractivity contribution in [2.45, 2.75) is 24.7 Å². The van der Waals surface area contributed by atoms with Gasteiger partial charge in [-0.25, -0.2) is 8.42 Å². The highest BCUT2D eigenvalue weighted by molar-refractivity contribution is 7.89. The van der Waals surface area contributed by atoms with Crippen LogP contribution in [0, 0.1) is 6.92 Å². The number of amides is 1. The lowest BCUT2D eigenvalue weighted by Gasteiger charge is -2.19. The summed E-state index contributed by atoms with van der Waals surface area (Å²) in [6.07, 6.45) is 1.38. The molecule has 144 valence electrons. The van der Waals surface area contributed by atoms with Gasteiger partial charge in [0.25, 0.3) is 0 Å². The van der Waals surface area contributed by atoms with E-state index in [1.54, 1.807) is 29.2 Å². The van der Waals surface area contributed by atoms with E-state index < -0.39 is 10.0 Å². The number of hydrogen-bond acceptors (Lipinski definition) is 4. The zero-order valence-electron chi connectivity index (χ0n) is 15.6. The average molecular weight is 388 g/mol. The normalized spacial score (nSPS) is 14.8. The maximum absolute atomic E-state index is 12.7. The molecule has 27 heavy (non-hydrogen) atoms. The molecule has 0 bridgehead atoms. The van der Waals surface area contributed by atoms with Crippen LogP contribution in [-0.4, -0.2) is 45.4 Å². The molecule has 0 atom stereocenters. The highest BCUT2D eigenvalue weighted by atomic mass is 32.2. The second-order valence-electron chi connectivity index (χ2n) is 6.63. The van der Waals surface area contributed by atoms with Crippen molar-refractivity contribution in [1.29, 1.82) is 0 Å². The van der Waals surface area contributed by atoms with E-state index in [1.807, 2.05) is 31.2 Å². The van der Waals surface area contributed by atoms with Crippen molar-refractivity contribution in [2.75, 3.05) is 31.6 Å². The van der Waals surface area contributed by atoms with E-state index in [0.29, 0.717) is 13.0 Å². The van der Waals surface area contributed by atoms with Crippen molar-refractivity contribution in [2.24, 2.45) is 0 Å². The molecule has 0 unspecified atom stereocenters. The van der Waals surface area contributed by atoms with Gasteiger partial charge in [0.05, 0.1) is 4.90 Å². The molecule has 1 aliphatic rings. The molecule has 1 saturated heterocycles. The van der Waals surface area contributed by atoms with Gasteiger partial charge in [-0.15, -0.1) is 0 Å². The molecule has 2 aromatic rings. The zero-order chi connectivity index (χ0) is 19.4. The van der Waals surface area contributed by atoms with Crippen LogP contribution >= 0.6 is 0 Å². The van der Waals surface area contributed by atoms with E-state index in [1.165, 1.54) is 11.4 Å². The van der Waals surface area contributed by atoms with Gasteiger partial charge in [-0.1, -0.05) is 12.1 Å². The summed E-state index contributed by atoms with van der Waals surface area (Å²) in [6.45, 7) is 3.16. The van der Waals surface area contributed by atoms with Crippen LogP contribution < -0.4 is 9.64 Å². The number of sulfonamides is 1. The van der Waals surface area contributed by atoms with E-state index in [4.69, 9.17) is 4.74 Å². The monoisotopic (exact) mass is 388 g/mol. The Morgan fingerprint density at radius 2 is 1.89 bits per heavy atom. The second-order valence-corrected chi connectivity index (χ2v) is 8.68. The molecule has 0 aromatic heterocycles. The lowest BCUT2D eigenvalue weighted by Crippen LogP contribution is -2.31. The Morgan fingerprint density at radius 1 is 1.15 bits per heavy atom. The molecule has 0 radical (unpaired) electrons. The summed E-state index contributed by atoms with van der Waals surface area (Å²) in [5, 5.41) is 0. The lowest BCUT2D eigenvalue weighted by molar-refractivity contribution is -0.117. The molecule has 1 aliphatic heterocycles. The smallest absolute Gasteiger partial charge is 0.242 e. The van der Waals surface area contributed by atoms with Crippen LogP contribution in [0.25, 0.3) is 0 Å². The van der Waals surface area contributed by atoms with E-state index >= 15 is 0 Å². The zero-order valence-corrected chi connectivity index (χ0v) is 16.4. The molecule has 1 fully saturated rings. The number of anilines is 1. The molecule has 0 saturated carbocycles. The Morgan fingerprint density at radius 3 is 2.52 bits per heavy atom. The maximum atomic E-state index is 12.7. The third-order valence-electron chi connectivity index (χ3n) is 4.59. The van der Waals surface area contributed by atoms with Gasteiger partial charge >= 0.3 is 0 Å². The first-order valence-corrected chi connectivity index (χ1v) is 10.4. The minimum atomic E-state index is -3.61. The molecular formula is C20H24N2O4S. The standard InChI is InChI=1S/C20H24N2O4S/c1-16-5-3-6-18(15-16)26-14-13-21(2)27(24,25)19-10-8-17(9-11-19)22-12-4-7-20(22)23/h3,5-6,8-11,15H,4,7,12-14H2,1-2H3. The van der Waals surface area contributed by atoms with Crippen molar-refractivity contribution >= 4 is 21.6 Å². The van der Waals surface area contributed by atoms with Crippen LogP contribution in [0.4, 0.5) is 5.69 Å². The lowest BCUT2D eigenvalue weighted by atomic mass is 10.2. The summed E-state index contributed by atoms with van der Waals surface area (Å²) in [5.41, 5.74) is 1.83. The Labute approximate surface area is 160 Å². The molecule has 1 amide bonds. The maximum Gasteiger partial charge on any atom is 0.242 e. The van der Waals surface area contributed by atoms with E-state index in [9.17, 15) is 13.2 Å². The summed E-state index contributed by atoms with van der Waals surface area (Å²) < 4.78 is 32.3. The largest absolute Gasteiger partial charge is 0.492 e. The SMILES string of the molecule is Cc1cccc(OCCN(C)S(=O)(=O)c2ccc(N3CCCC3=O)cc2)c1. The molecule has 7 heteroatoms. The van der Waals surface area contributed by atoms with Crippen LogP contribution in [0.2, 0.25) is 0 Å². The molecule has 6 nitrogen and oxygen atoms in total. The first-order chi connectivity index (χ1) is 12.9. The number of benzene rings is 2. The fourth-order valence-corrected chi connectivity index (χ4v) is 4.17. The van der Waals surface area contributed by atoms with Crippen LogP contribution in [0.15, 0.2) is 53.4 Å². The molecule has 2 aromatic carbocycles. The predicted octanol–water partition coefficient (Wildman–Crippen LogP) is 2.82. The van der Waals surface area contributed by atoms with Gasteiger partial charge < -0.3 is 9.64 Å². The first kappa shape index (κ1) is 19.4. The van der Waals surface area contributed by atoms with Crippen LogP contribution in [0.5, 0.6) is 5.75 Å². The first-order valence-electron chi connectivity index (χ1n) is 8.94. The average Bonchev–Trinajstić information content (AvgIpc) is 3.08. The highest BCUT2D eigenvalue weighted by Crippen LogP contribution is 2.24. The molecule has 1 heterocycles. The minimum Gasteiger partial charge on any atom is -0.492 e. The van der Waals surface area contributed by atoms with Crippen molar-refractivity contribution < 1.29 is 17.9 Å². The highest BCUT2D eigenvalue weighted by Gasteiger charge is 2.24. The van der Waals surface area contributed by atoms with Gasteiger partial charge in [0.15, 0.2) is 0 Å². The van der Waals surface area contributed by atoms with Gasteiger partial charge in [-0.05, 0) is 55.3 Å². The summed E-state index contributed by atoms with van der Waals surface area (Å²) in [6, 6.07) is 14.1. The minimum absolute atomic E-state index is 0.0797. The Bertz CT molecular complexity index is 910. The van der Waals surface area contributed by atoms with E-state index in [-0.39, 0.29) is 24.0 Å². The molecule has 0 aliphatic carbocycles. The van der Waals surface area contributed by atoms with Gasteiger partial charge in [-0.2, -0.15) is 4.31 Å². The number of ether oxygens (including phenoxy) is 1. The second kappa shape index (κ2) is 8.10. The van der Waals surface area contributed by atoms with Crippen molar-refractivity contribution in [1.82, 2.24) is 4.31 Å². The van der Waals surface area contributed by atoms with E-state index in [2.05, 4.69) is 0 Å². The number of likely N-dealkylation sites (N-methyl/N-ethyl adjacent to an activating group) is 1. The summed E-state index contributed by atoms with van der Waals surface area (Å²) in [5.74, 6) is 0.802. The quantitative estimate of drug-likeness (QED) is 0.732. The molecule has 0 spiro atoms. The van der Waals surface area contributed by atoms with Crippen LogP contribution in [0.3, 0.4) is 0 Å². The summed E-state index contributed by atoms with van der Waals surface area (Å²) in [4.78, 5) is 13.7. The number of rotatable bonds is 7. The van der Waals surface area contributed by atoms with Crippen molar-refractivity contribution in [3.8, 4) is 5.75 Å². The molecule has 0 N–H and O–H groups in total. The molecule has 3 rings (SSSR count). The van der Waals surface area contributed by atoms with Gasteiger partial charge in [0.1, 0.15) is 12.4 Å². The third-order valence-corrected chi connectivity index (χ3v) is 6.47. The summed E-state index contributed by atoms with van der Waals surface area (Å²) in [7, 11) is -2.07. The predicted molar refractivity (Wildman–Crippen MR) is 105 cm³/mol. The van der Waals surface area contributed by atoms with Gasteiger partial charge in [-0.3, -0.25) is 4.79 Å². The third kappa shape index (κ3) is 4.48. The number of carbonyl (C=O) groups excluding carboxylic acids is 1. The molecular weight excluding hydrogens is 364 g/mol. The van der Waals surface area contributed by atoms with Crippen LogP contribution in [-0.2, 0) is 14.8 Å². The number of aryl methyl sites for hydroxylation is 1.